The van der Waals surface area contributed by atoms with E-state index in [4.69, 9.17) is 18.9 Å². The number of esters is 1. The zero-order valence-corrected chi connectivity index (χ0v) is 23.0. The van der Waals surface area contributed by atoms with E-state index in [1.807, 2.05) is 13.0 Å². The Balaban J connectivity index is 1.57. The fraction of sp³-hybridized carbons (Fsp3) is 0.586. The molecule has 1 saturated heterocycles. The van der Waals surface area contributed by atoms with Crippen LogP contribution < -0.4 is 15.6 Å². The molecule has 0 amide bonds. The summed E-state index contributed by atoms with van der Waals surface area (Å²) in [5.41, 5.74) is -2.29. The van der Waals surface area contributed by atoms with Gasteiger partial charge in [-0.15, -0.1) is 6.58 Å². The van der Waals surface area contributed by atoms with E-state index >= 15 is 0 Å². The number of aliphatic hydroxyl groups excluding tert-OH is 3. The van der Waals surface area contributed by atoms with Gasteiger partial charge in [0.15, 0.2) is 11.2 Å². The van der Waals surface area contributed by atoms with Crippen LogP contribution in [0.15, 0.2) is 30.4 Å². The van der Waals surface area contributed by atoms with Gasteiger partial charge >= 0.3 is 11.9 Å². The summed E-state index contributed by atoms with van der Waals surface area (Å²) in [4.78, 5) is 28.7. The molecule has 8 unspecified atom stereocenters. The lowest BCUT2D eigenvalue weighted by Crippen LogP contribution is -2.82. The number of hydrogen-bond acceptors (Lipinski definition) is 10. The van der Waals surface area contributed by atoms with E-state index in [2.05, 4.69) is 11.6 Å². The predicted molar refractivity (Wildman–Crippen MR) is 141 cm³/mol. The van der Waals surface area contributed by atoms with Crippen LogP contribution in [-0.2, 0) is 35.0 Å². The van der Waals surface area contributed by atoms with Crippen molar-refractivity contribution in [2.45, 2.75) is 74.3 Å². The summed E-state index contributed by atoms with van der Waals surface area (Å²) >= 11 is 0. The van der Waals surface area contributed by atoms with Gasteiger partial charge in [-0.25, -0.2) is 4.79 Å². The van der Waals surface area contributed by atoms with Crippen LogP contribution in [0.5, 0.6) is 0 Å². The summed E-state index contributed by atoms with van der Waals surface area (Å²) < 4.78 is 23.6. The van der Waals surface area contributed by atoms with Crippen LogP contribution in [0, 0.1) is 11.8 Å². The molecule has 12 nitrogen and oxygen atoms in total. The van der Waals surface area contributed by atoms with Gasteiger partial charge < -0.3 is 49.5 Å². The number of hydrogen-bond donors (Lipinski definition) is 5. The van der Waals surface area contributed by atoms with Gasteiger partial charge in [0.05, 0.1) is 32.5 Å². The van der Waals surface area contributed by atoms with Crippen molar-refractivity contribution in [3.05, 3.63) is 46.6 Å². The lowest BCUT2D eigenvalue weighted by molar-refractivity contribution is -0.434. The van der Waals surface area contributed by atoms with Gasteiger partial charge in [0.25, 0.3) is 0 Å². The molecule has 8 atom stereocenters. The quantitative estimate of drug-likeness (QED) is 0.172. The van der Waals surface area contributed by atoms with E-state index in [0.29, 0.717) is 17.3 Å². The highest BCUT2D eigenvalue weighted by Crippen LogP contribution is 2.56. The first-order valence-electron chi connectivity index (χ1n) is 13.7. The molecule has 12 heteroatoms. The Labute approximate surface area is 236 Å². The van der Waals surface area contributed by atoms with Crippen molar-refractivity contribution in [3.63, 3.8) is 0 Å². The Bertz CT molecular complexity index is 1380. The molecule has 0 aromatic carbocycles. The van der Waals surface area contributed by atoms with Gasteiger partial charge in [-0.1, -0.05) is 36.9 Å². The first kappa shape index (κ1) is 29.5. The number of aliphatic hydroxyl groups is 4. The number of carbonyl (C=O) groups excluding carboxylic acids is 1. The highest BCUT2D eigenvalue weighted by atomic mass is 16.7. The van der Waals surface area contributed by atoms with Crippen LogP contribution in [0.3, 0.4) is 0 Å². The van der Waals surface area contributed by atoms with Crippen molar-refractivity contribution in [3.8, 4) is 0 Å². The number of methoxy groups -OCH3 is 1. The molecular formula is C29H36NO11-. The molecule has 3 heterocycles. The van der Waals surface area contributed by atoms with Gasteiger partial charge in [-0.2, -0.15) is 5.69 Å². The largest absolute Gasteiger partial charge is 0.658 e. The minimum Gasteiger partial charge on any atom is -0.658 e. The number of carbonyl (C=O) groups is 2. The normalized spacial score (nSPS) is 37.6. The smallest absolute Gasteiger partial charge is 0.333 e. The second kappa shape index (κ2) is 10.7. The second-order valence-corrected chi connectivity index (χ2v) is 11.0. The molecule has 4 aliphatic rings. The van der Waals surface area contributed by atoms with Gasteiger partial charge in [-0.3, -0.25) is 4.79 Å². The number of nitrogens with zero attached hydrogens (tertiary/aromatic N) is 1. The van der Waals surface area contributed by atoms with Crippen molar-refractivity contribution in [2.24, 2.45) is 11.8 Å². The van der Waals surface area contributed by atoms with E-state index in [-0.39, 0.29) is 24.8 Å². The summed E-state index contributed by atoms with van der Waals surface area (Å²) in [6, 6.07) is 1.89. The summed E-state index contributed by atoms with van der Waals surface area (Å²) in [7, 11) is 1.20. The number of aromatic nitrogens is 1. The van der Waals surface area contributed by atoms with E-state index in [9.17, 15) is 35.1 Å². The SMILES string of the molecule is C=CC1C(OC2(CO)OC(CO)C34OC=c5[n-]c(CC)cc5=C3CCC2(O)C4O)CC=C(C(=O)OC)C1CC(=O)O. The molecular weight excluding hydrogens is 538 g/mol. The van der Waals surface area contributed by atoms with Crippen molar-refractivity contribution in [1.82, 2.24) is 4.98 Å². The predicted octanol–water partition coefficient (Wildman–Crippen LogP) is -1.39. The van der Waals surface area contributed by atoms with E-state index < -0.39 is 78.7 Å². The minimum absolute atomic E-state index is 0.0629. The molecule has 0 radical (unpaired) electrons. The molecule has 2 aliphatic carbocycles. The number of ether oxygens (including phenoxy) is 4. The topological polar surface area (TPSA) is 186 Å². The Morgan fingerprint density at radius 1 is 1.32 bits per heavy atom. The molecule has 1 aromatic heterocycles. The van der Waals surface area contributed by atoms with Crippen LogP contribution in [0.4, 0.5) is 0 Å². The standard InChI is InChI=1S/C29H36NO11/c1-4-15-10-19-20-8-9-27(37)26(36)29(20,39-13-21(19)30-15)23(12-31)41-28(27,14-32)40-22-7-6-17(25(35)38-3)18(11-24(33)34)16(22)5-2/h5-6,10,13,16,18,22-23,26,31-32,36-37H,2,4,7-9,11-12,14H2,1,3H3,(H,33,34)/q-1. The van der Waals surface area contributed by atoms with Crippen molar-refractivity contribution < 1.29 is 54.1 Å². The average molecular weight is 575 g/mol. The fourth-order valence-electron chi connectivity index (χ4n) is 7.07. The number of carboxylic acid groups (broad SMARTS) is 1. The third-order valence-electron chi connectivity index (χ3n) is 9.13. The lowest BCUT2D eigenvalue weighted by atomic mass is 9.61. The van der Waals surface area contributed by atoms with E-state index in [1.54, 1.807) is 0 Å². The average Bonchev–Trinajstić information content (AvgIpc) is 3.39. The summed E-state index contributed by atoms with van der Waals surface area (Å²) in [6.07, 6.45) is 0.875. The lowest BCUT2D eigenvalue weighted by Gasteiger charge is -2.64. The molecule has 1 aromatic rings. The first-order valence-corrected chi connectivity index (χ1v) is 13.7. The van der Waals surface area contributed by atoms with Crippen LogP contribution >= 0.6 is 0 Å². The molecule has 5 N–H and O–H groups in total. The van der Waals surface area contributed by atoms with Crippen molar-refractivity contribution >= 4 is 23.8 Å². The fourth-order valence-corrected chi connectivity index (χ4v) is 7.07. The van der Waals surface area contributed by atoms with Crippen molar-refractivity contribution in [1.29, 1.82) is 0 Å². The maximum Gasteiger partial charge on any atom is 0.333 e. The zero-order chi connectivity index (χ0) is 29.7. The number of aryl methyl sites for hydroxylation is 1. The number of carboxylic acids is 1. The molecule has 224 valence electrons. The van der Waals surface area contributed by atoms with Gasteiger partial charge in [0.2, 0.25) is 5.79 Å². The molecule has 41 heavy (non-hydrogen) atoms. The minimum atomic E-state index is -2.24. The zero-order valence-electron chi connectivity index (χ0n) is 23.0. The third-order valence-corrected chi connectivity index (χ3v) is 9.13. The number of rotatable bonds is 9. The van der Waals surface area contributed by atoms with Gasteiger partial charge in [0, 0.05) is 17.4 Å². The maximum atomic E-state index is 12.4. The highest BCUT2D eigenvalue weighted by molar-refractivity contribution is 5.90. The van der Waals surface area contributed by atoms with Gasteiger partial charge in [-0.05, 0) is 30.1 Å². The summed E-state index contributed by atoms with van der Waals surface area (Å²) in [6.45, 7) is 4.22. The van der Waals surface area contributed by atoms with Crippen LogP contribution in [0.2, 0.25) is 0 Å². The molecule has 1 saturated carbocycles. The summed E-state index contributed by atoms with van der Waals surface area (Å²) in [5, 5.41) is 56.1. The number of fused-ring (bicyclic) bond motifs is 2. The maximum absolute atomic E-state index is 12.4. The molecule has 5 rings (SSSR count). The Kier molecular flexibility index (Phi) is 7.68. The van der Waals surface area contributed by atoms with Crippen molar-refractivity contribution in [2.75, 3.05) is 20.3 Å². The molecule has 2 aliphatic heterocycles. The number of aliphatic carboxylic acids is 1. The third kappa shape index (κ3) is 4.19. The Morgan fingerprint density at radius 3 is 2.68 bits per heavy atom. The van der Waals surface area contributed by atoms with E-state index in [0.717, 1.165) is 10.9 Å². The first-order chi connectivity index (χ1) is 19.5. The highest BCUT2D eigenvalue weighted by Gasteiger charge is 2.74. The van der Waals surface area contributed by atoms with Crippen LogP contribution in [0.1, 0.15) is 38.3 Å². The summed E-state index contributed by atoms with van der Waals surface area (Å²) in [5.74, 6) is -5.73. The van der Waals surface area contributed by atoms with Crippen LogP contribution in [-0.4, -0.2) is 93.1 Å². The molecule has 1 spiro atoms. The Morgan fingerprint density at radius 2 is 2.07 bits per heavy atom. The Hall–Kier alpha value is -3.00. The van der Waals surface area contributed by atoms with Crippen LogP contribution in [0.25, 0.3) is 11.8 Å². The second-order valence-electron chi connectivity index (χ2n) is 11.0. The molecule has 2 bridgehead atoms. The molecule has 2 fully saturated rings. The van der Waals surface area contributed by atoms with E-state index in [1.165, 1.54) is 25.5 Å². The van der Waals surface area contributed by atoms with Gasteiger partial charge in [0.1, 0.15) is 18.8 Å². The monoisotopic (exact) mass is 574 g/mol.